The first-order valence-corrected chi connectivity index (χ1v) is 5.52. The zero-order valence-corrected chi connectivity index (χ0v) is 9.87. The van der Waals surface area contributed by atoms with Crippen molar-refractivity contribution >= 4 is 11.6 Å². The van der Waals surface area contributed by atoms with E-state index in [4.69, 9.17) is 0 Å². The van der Waals surface area contributed by atoms with Crippen LogP contribution in [0.15, 0.2) is 36.9 Å². The van der Waals surface area contributed by atoms with Gasteiger partial charge in [0.05, 0.1) is 12.2 Å². The van der Waals surface area contributed by atoms with Gasteiger partial charge in [-0.05, 0) is 25.5 Å². The third-order valence-corrected chi connectivity index (χ3v) is 2.28. The van der Waals surface area contributed by atoms with Crippen LogP contribution in [0.3, 0.4) is 0 Å². The van der Waals surface area contributed by atoms with Gasteiger partial charge in [0.15, 0.2) is 0 Å². The molecule has 1 aromatic carbocycles. The molecule has 0 spiro atoms. The van der Waals surface area contributed by atoms with Gasteiger partial charge in [-0.3, -0.25) is 4.79 Å². The number of anilines is 1. The Balaban J connectivity index is 2.40. The third-order valence-electron chi connectivity index (χ3n) is 2.28. The van der Waals surface area contributed by atoms with Gasteiger partial charge in [-0.1, -0.05) is 18.2 Å². The minimum Gasteiger partial charge on any atom is -0.322 e. The van der Waals surface area contributed by atoms with E-state index in [1.54, 1.807) is 18.2 Å². The maximum Gasteiger partial charge on any atom is 0.238 e. The fourth-order valence-electron chi connectivity index (χ4n) is 1.36. The molecule has 0 bridgehead atoms. The molecule has 0 aliphatic carbocycles. The first-order valence-electron chi connectivity index (χ1n) is 5.52. The maximum atomic E-state index is 13.2. The Morgan fingerprint density at radius 3 is 2.88 bits per heavy atom. The Bertz CT molecular complexity index is 393. The largest absolute Gasteiger partial charge is 0.322 e. The van der Waals surface area contributed by atoms with Gasteiger partial charge in [0.2, 0.25) is 5.91 Å². The van der Waals surface area contributed by atoms with Crippen molar-refractivity contribution in [2.75, 3.05) is 11.9 Å². The summed E-state index contributed by atoms with van der Waals surface area (Å²) in [5, 5.41) is 5.52. The second-order valence-electron chi connectivity index (χ2n) is 3.83. The van der Waals surface area contributed by atoms with Crippen LogP contribution in [0.5, 0.6) is 0 Å². The van der Waals surface area contributed by atoms with Crippen LogP contribution < -0.4 is 10.6 Å². The van der Waals surface area contributed by atoms with Gasteiger partial charge in [-0.25, -0.2) is 4.39 Å². The van der Waals surface area contributed by atoms with E-state index in [1.807, 2.05) is 6.92 Å². The standard InChI is InChI=1S/C13H17FN2O/c1-3-6-10(2)15-9-13(17)16-12-8-5-4-7-11(12)14/h3-5,7-8,10,15H,1,6,9H2,2H3,(H,16,17). The lowest BCUT2D eigenvalue weighted by atomic mass is 10.2. The lowest BCUT2D eigenvalue weighted by molar-refractivity contribution is -0.115. The first kappa shape index (κ1) is 13.4. The molecule has 0 heterocycles. The zero-order chi connectivity index (χ0) is 12.7. The molecule has 1 rings (SSSR count). The van der Waals surface area contributed by atoms with Crippen LogP contribution >= 0.6 is 0 Å². The van der Waals surface area contributed by atoms with Crippen molar-refractivity contribution in [1.29, 1.82) is 0 Å². The minimum atomic E-state index is -0.431. The second-order valence-corrected chi connectivity index (χ2v) is 3.83. The first-order chi connectivity index (χ1) is 8.13. The second kappa shape index (κ2) is 6.81. The number of carbonyl (C=O) groups excluding carboxylic acids is 1. The van der Waals surface area contributed by atoms with Crippen molar-refractivity contribution in [2.24, 2.45) is 0 Å². The van der Waals surface area contributed by atoms with E-state index in [2.05, 4.69) is 17.2 Å². The summed E-state index contributed by atoms with van der Waals surface area (Å²) in [7, 11) is 0. The van der Waals surface area contributed by atoms with Gasteiger partial charge in [-0.15, -0.1) is 6.58 Å². The maximum absolute atomic E-state index is 13.2. The highest BCUT2D eigenvalue weighted by molar-refractivity contribution is 5.92. The van der Waals surface area contributed by atoms with Crippen molar-refractivity contribution in [2.45, 2.75) is 19.4 Å². The molecule has 2 N–H and O–H groups in total. The zero-order valence-electron chi connectivity index (χ0n) is 9.87. The van der Waals surface area contributed by atoms with Crippen LogP contribution in [0.25, 0.3) is 0 Å². The molecule has 1 unspecified atom stereocenters. The summed E-state index contributed by atoms with van der Waals surface area (Å²) in [5.74, 6) is -0.689. The minimum absolute atomic E-state index is 0.156. The lowest BCUT2D eigenvalue weighted by Crippen LogP contribution is -2.34. The van der Waals surface area contributed by atoms with Crippen molar-refractivity contribution in [1.82, 2.24) is 5.32 Å². The fraction of sp³-hybridized carbons (Fsp3) is 0.308. The summed E-state index contributed by atoms with van der Waals surface area (Å²) in [5.41, 5.74) is 0.204. The van der Waals surface area contributed by atoms with Gasteiger partial charge < -0.3 is 10.6 Å². The summed E-state index contributed by atoms with van der Waals surface area (Å²) < 4.78 is 13.2. The van der Waals surface area contributed by atoms with Crippen LogP contribution in [0, 0.1) is 5.82 Å². The number of carbonyl (C=O) groups is 1. The molecule has 0 radical (unpaired) electrons. The fourth-order valence-corrected chi connectivity index (χ4v) is 1.36. The molecule has 0 aliphatic heterocycles. The van der Waals surface area contributed by atoms with Crippen LogP contribution in [0.1, 0.15) is 13.3 Å². The van der Waals surface area contributed by atoms with E-state index >= 15 is 0 Å². The van der Waals surface area contributed by atoms with E-state index in [1.165, 1.54) is 12.1 Å². The number of halogens is 1. The molecular weight excluding hydrogens is 219 g/mol. The normalized spacial score (nSPS) is 11.9. The Hall–Kier alpha value is -1.68. The summed E-state index contributed by atoms with van der Waals surface area (Å²) in [6.07, 6.45) is 2.57. The molecule has 92 valence electrons. The predicted octanol–water partition coefficient (Wildman–Crippen LogP) is 2.32. The Morgan fingerprint density at radius 2 is 2.24 bits per heavy atom. The van der Waals surface area contributed by atoms with Crippen molar-refractivity contribution in [3.05, 3.63) is 42.7 Å². The van der Waals surface area contributed by atoms with Crippen LogP contribution in [-0.2, 0) is 4.79 Å². The van der Waals surface area contributed by atoms with Crippen molar-refractivity contribution < 1.29 is 9.18 Å². The quantitative estimate of drug-likeness (QED) is 0.744. The van der Waals surface area contributed by atoms with Gasteiger partial charge in [-0.2, -0.15) is 0 Å². The van der Waals surface area contributed by atoms with Crippen molar-refractivity contribution in [3.63, 3.8) is 0 Å². The average Bonchev–Trinajstić information content (AvgIpc) is 2.30. The Kier molecular flexibility index (Phi) is 5.36. The van der Waals surface area contributed by atoms with Gasteiger partial charge in [0.25, 0.3) is 0 Å². The highest BCUT2D eigenvalue weighted by Crippen LogP contribution is 2.11. The summed E-state index contributed by atoms with van der Waals surface area (Å²) in [4.78, 5) is 11.5. The predicted molar refractivity (Wildman–Crippen MR) is 67.3 cm³/mol. The Morgan fingerprint density at radius 1 is 1.53 bits per heavy atom. The number of amides is 1. The average molecular weight is 236 g/mol. The number of hydrogen-bond acceptors (Lipinski definition) is 2. The highest BCUT2D eigenvalue weighted by Gasteiger charge is 2.07. The number of nitrogens with one attached hydrogen (secondary N) is 2. The molecule has 17 heavy (non-hydrogen) atoms. The molecule has 0 fully saturated rings. The van der Waals surface area contributed by atoms with Crippen LogP contribution in [-0.4, -0.2) is 18.5 Å². The molecule has 0 saturated heterocycles. The Labute approximate surface area is 101 Å². The molecule has 0 aromatic heterocycles. The topological polar surface area (TPSA) is 41.1 Å². The van der Waals surface area contributed by atoms with Gasteiger partial charge in [0.1, 0.15) is 5.82 Å². The van der Waals surface area contributed by atoms with Gasteiger partial charge >= 0.3 is 0 Å². The SMILES string of the molecule is C=CCC(C)NCC(=O)Nc1ccccc1F. The lowest BCUT2D eigenvalue weighted by Gasteiger charge is -2.11. The van der Waals surface area contributed by atoms with E-state index in [0.717, 1.165) is 6.42 Å². The van der Waals surface area contributed by atoms with E-state index in [0.29, 0.717) is 0 Å². The number of benzene rings is 1. The molecule has 1 amide bonds. The smallest absolute Gasteiger partial charge is 0.238 e. The van der Waals surface area contributed by atoms with Crippen LogP contribution in [0.4, 0.5) is 10.1 Å². The van der Waals surface area contributed by atoms with E-state index in [-0.39, 0.29) is 24.2 Å². The van der Waals surface area contributed by atoms with Gasteiger partial charge in [0, 0.05) is 6.04 Å². The summed E-state index contributed by atoms with van der Waals surface area (Å²) in [6, 6.07) is 6.27. The van der Waals surface area contributed by atoms with Crippen molar-refractivity contribution in [3.8, 4) is 0 Å². The monoisotopic (exact) mass is 236 g/mol. The molecular formula is C13H17FN2O. The molecule has 0 aliphatic rings. The van der Waals surface area contributed by atoms with E-state index < -0.39 is 5.82 Å². The molecule has 3 nitrogen and oxygen atoms in total. The van der Waals surface area contributed by atoms with E-state index in [9.17, 15) is 9.18 Å². The molecule has 1 aromatic rings. The number of hydrogen-bond donors (Lipinski definition) is 2. The van der Waals surface area contributed by atoms with Crippen LogP contribution in [0.2, 0.25) is 0 Å². The molecule has 0 saturated carbocycles. The third kappa shape index (κ3) is 4.78. The number of rotatable bonds is 6. The summed E-state index contributed by atoms with van der Waals surface area (Å²) >= 11 is 0. The number of para-hydroxylation sites is 1. The molecule has 1 atom stereocenters. The summed E-state index contributed by atoms with van der Waals surface area (Å²) in [6.45, 7) is 5.73. The highest BCUT2D eigenvalue weighted by atomic mass is 19.1. The molecule has 4 heteroatoms.